The molecule has 0 fully saturated rings. The normalized spacial score (nSPS) is 10.1. The van der Waals surface area contributed by atoms with E-state index in [4.69, 9.17) is 43.8 Å². The number of hydrogen-bond donors (Lipinski definition) is 1. The van der Waals surface area contributed by atoms with Crippen molar-refractivity contribution < 1.29 is 14.2 Å². The van der Waals surface area contributed by atoms with E-state index < -0.39 is 0 Å². The van der Waals surface area contributed by atoms with Crippen LogP contribution in [0.5, 0.6) is 17.2 Å². The molecule has 0 amide bonds. The summed E-state index contributed by atoms with van der Waals surface area (Å²) < 4.78 is 16.6. The molecule has 0 saturated heterocycles. The first-order valence-corrected chi connectivity index (χ1v) is 7.39. The average molecular weight is 338 g/mol. The van der Waals surface area contributed by atoms with Crippen LogP contribution in [0.1, 0.15) is 5.56 Å². The minimum absolute atomic E-state index is 0.251. The molecule has 2 N–H and O–H groups in total. The molecule has 0 atom stereocenters. The maximum Gasteiger partial charge on any atom is 0.171 e. The zero-order valence-corrected chi connectivity index (χ0v) is 13.6. The zero-order chi connectivity index (χ0) is 15.9. The zero-order valence-electron chi connectivity index (χ0n) is 12.0. The molecule has 0 radical (unpaired) electrons. The Morgan fingerprint density at radius 3 is 2.41 bits per heavy atom. The summed E-state index contributed by atoms with van der Waals surface area (Å²) in [6.07, 6.45) is 0. The second-order valence-corrected chi connectivity index (χ2v) is 5.18. The Morgan fingerprint density at radius 1 is 1.05 bits per heavy atom. The third-order valence-electron chi connectivity index (χ3n) is 2.89. The van der Waals surface area contributed by atoms with E-state index in [2.05, 4.69) is 0 Å². The molecule has 116 valence electrons. The van der Waals surface area contributed by atoms with Crippen molar-refractivity contribution in [2.45, 2.75) is 0 Å². The van der Waals surface area contributed by atoms with Crippen molar-refractivity contribution in [2.24, 2.45) is 5.73 Å². The standard InChI is InChI=1S/C16H16ClNO3S/c1-19-14-8-4-5-11(16(18)22)15(14)21-10-9-20-13-7-3-2-6-12(13)17/h2-8H,9-10H2,1H3,(H2,18,22). The van der Waals surface area contributed by atoms with Gasteiger partial charge in [-0.25, -0.2) is 0 Å². The third-order valence-corrected chi connectivity index (χ3v) is 3.42. The Hall–Kier alpha value is -1.98. The number of thiocarbonyl (C=S) groups is 1. The maximum absolute atomic E-state index is 6.02. The molecule has 0 bridgehead atoms. The molecule has 0 spiro atoms. The van der Waals surface area contributed by atoms with Gasteiger partial charge in [0.1, 0.15) is 24.0 Å². The van der Waals surface area contributed by atoms with Gasteiger partial charge < -0.3 is 19.9 Å². The number of hydrogen-bond acceptors (Lipinski definition) is 4. The van der Waals surface area contributed by atoms with E-state index in [9.17, 15) is 0 Å². The Balaban J connectivity index is 2.00. The fourth-order valence-corrected chi connectivity index (χ4v) is 2.23. The number of rotatable bonds is 7. The van der Waals surface area contributed by atoms with Crippen LogP contribution in [0, 0.1) is 0 Å². The van der Waals surface area contributed by atoms with Crippen molar-refractivity contribution in [3.05, 3.63) is 53.1 Å². The van der Waals surface area contributed by atoms with Gasteiger partial charge in [-0.15, -0.1) is 0 Å². The molecule has 2 aromatic rings. The highest BCUT2D eigenvalue weighted by Crippen LogP contribution is 2.31. The summed E-state index contributed by atoms with van der Waals surface area (Å²) in [5, 5.41) is 0.559. The van der Waals surface area contributed by atoms with E-state index >= 15 is 0 Å². The fourth-order valence-electron chi connectivity index (χ4n) is 1.88. The van der Waals surface area contributed by atoms with E-state index in [-0.39, 0.29) is 4.99 Å². The monoisotopic (exact) mass is 337 g/mol. The van der Waals surface area contributed by atoms with E-state index in [1.165, 1.54) is 0 Å². The molecule has 0 aliphatic carbocycles. The summed E-state index contributed by atoms with van der Waals surface area (Å²) >= 11 is 11.0. The topological polar surface area (TPSA) is 53.7 Å². The van der Waals surface area contributed by atoms with Gasteiger partial charge in [-0.2, -0.15) is 0 Å². The predicted octanol–water partition coefficient (Wildman–Crippen LogP) is 3.44. The molecule has 4 nitrogen and oxygen atoms in total. The van der Waals surface area contributed by atoms with Crippen LogP contribution in [-0.4, -0.2) is 25.3 Å². The molecule has 0 unspecified atom stereocenters. The van der Waals surface area contributed by atoms with Crippen molar-refractivity contribution in [3.8, 4) is 17.2 Å². The van der Waals surface area contributed by atoms with Crippen LogP contribution in [0.2, 0.25) is 5.02 Å². The van der Waals surface area contributed by atoms with E-state index in [0.717, 1.165) is 0 Å². The fraction of sp³-hybridized carbons (Fsp3) is 0.188. The van der Waals surface area contributed by atoms with Crippen LogP contribution in [0.3, 0.4) is 0 Å². The van der Waals surface area contributed by atoms with E-state index in [1.54, 1.807) is 37.4 Å². The lowest BCUT2D eigenvalue weighted by atomic mass is 10.2. The average Bonchev–Trinajstić information content (AvgIpc) is 2.52. The SMILES string of the molecule is COc1cccc(C(N)=S)c1OCCOc1ccccc1Cl. The maximum atomic E-state index is 6.02. The Labute approximate surface area is 139 Å². The molecule has 0 aliphatic rings. The first kappa shape index (κ1) is 16.4. The molecule has 0 heterocycles. The number of methoxy groups -OCH3 is 1. The summed E-state index contributed by atoms with van der Waals surface area (Å²) in [6, 6.07) is 12.6. The van der Waals surface area contributed by atoms with Gasteiger partial charge in [0.05, 0.1) is 17.7 Å². The molecule has 22 heavy (non-hydrogen) atoms. The second kappa shape index (κ2) is 7.87. The minimum atomic E-state index is 0.251. The Bertz CT molecular complexity index is 664. The summed E-state index contributed by atoms with van der Waals surface area (Å²) in [6.45, 7) is 0.639. The summed E-state index contributed by atoms with van der Waals surface area (Å²) in [5.74, 6) is 1.70. The third kappa shape index (κ3) is 4.02. The van der Waals surface area contributed by atoms with Crippen LogP contribution in [0.25, 0.3) is 0 Å². The molecule has 0 aromatic heterocycles. The number of nitrogens with two attached hydrogens (primary N) is 1. The number of halogens is 1. The van der Waals surface area contributed by atoms with Crippen molar-refractivity contribution >= 4 is 28.8 Å². The Morgan fingerprint density at radius 2 is 1.73 bits per heavy atom. The smallest absolute Gasteiger partial charge is 0.171 e. The summed E-state index contributed by atoms with van der Waals surface area (Å²) in [4.78, 5) is 0.251. The van der Waals surface area contributed by atoms with Crippen LogP contribution >= 0.6 is 23.8 Å². The molecule has 6 heteroatoms. The van der Waals surface area contributed by atoms with Crippen LogP contribution in [0.4, 0.5) is 0 Å². The highest BCUT2D eigenvalue weighted by molar-refractivity contribution is 7.80. The molecular formula is C16H16ClNO3S. The van der Waals surface area contributed by atoms with Crippen LogP contribution in [0.15, 0.2) is 42.5 Å². The second-order valence-electron chi connectivity index (χ2n) is 4.33. The van der Waals surface area contributed by atoms with Gasteiger partial charge in [0, 0.05) is 0 Å². The van der Waals surface area contributed by atoms with Gasteiger partial charge in [-0.05, 0) is 24.3 Å². The van der Waals surface area contributed by atoms with E-state index in [0.29, 0.717) is 41.0 Å². The quantitative estimate of drug-likeness (QED) is 0.619. The van der Waals surface area contributed by atoms with Crippen molar-refractivity contribution in [1.82, 2.24) is 0 Å². The van der Waals surface area contributed by atoms with Crippen molar-refractivity contribution in [3.63, 3.8) is 0 Å². The van der Waals surface area contributed by atoms with Crippen LogP contribution < -0.4 is 19.9 Å². The van der Waals surface area contributed by atoms with Gasteiger partial charge in [0.2, 0.25) is 0 Å². The van der Waals surface area contributed by atoms with Gasteiger partial charge in [0.15, 0.2) is 11.5 Å². The largest absolute Gasteiger partial charge is 0.493 e. The summed E-state index contributed by atoms with van der Waals surface area (Å²) in [5.41, 5.74) is 6.33. The van der Waals surface area contributed by atoms with Crippen LogP contribution in [-0.2, 0) is 0 Å². The summed E-state index contributed by atoms with van der Waals surface area (Å²) in [7, 11) is 1.56. The number of para-hydroxylation sites is 2. The molecular weight excluding hydrogens is 322 g/mol. The molecule has 2 rings (SSSR count). The number of ether oxygens (including phenoxy) is 3. The van der Waals surface area contributed by atoms with Crippen molar-refractivity contribution in [2.75, 3.05) is 20.3 Å². The van der Waals surface area contributed by atoms with Crippen molar-refractivity contribution in [1.29, 1.82) is 0 Å². The number of benzene rings is 2. The predicted molar refractivity (Wildman–Crippen MR) is 91.3 cm³/mol. The van der Waals surface area contributed by atoms with Gasteiger partial charge in [-0.3, -0.25) is 0 Å². The van der Waals surface area contributed by atoms with Gasteiger partial charge in [0.25, 0.3) is 0 Å². The lowest BCUT2D eigenvalue weighted by Gasteiger charge is -2.15. The molecule has 0 aliphatic heterocycles. The highest BCUT2D eigenvalue weighted by atomic mass is 35.5. The first-order chi connectivity index (χ1) is 10.6. The molecule has 2 aromatic carbocycles. The first-order valence-electron chi connectivity index (χ1n) is 6.60. The lowest BCUT2D eigenvalue weighted by Crippen LogP contribution is -2.15. The van der Waals surface area contributed by atoms with Gasteiger partial charge in [-0.1, -0.05) is 42.0 Å². The highest BCUT2D eigenvalue weighted by Gasteiger charge is 2.12. The van der Waals surface area contributed by atoms with Gasteiger partial charge >= 0.3 is 0 Å². The lowest BCUT2D eigenvalue weighted by molar-refractivity contribution is 0.211. The minimum Gasteiger partial charge on any atom is -0.493 e. The Kier molecular flexibility index (Phi) is 5.86. The van der Waals surface area contributed by atoms with E-state index in [1.807, 2.05) is 12.1 Å². The molecule has 0 saturated carbocycles.